The summed E-state index contributed by atoms with van der Waals surface area (Å²) in [4.78, 5) is 15.1. The SMILES string of the molecule is COc1ccc(C=C2Oc3c(cc4c(c3C)OCN([C@@H]3CCS(=O)(=O)C3)C4)C2=O)cc1. The molecule has 162 valence electrons. The van der Waals surface area contributed by atoms with Crippen molar-refractivity contribution in [3.8, 4) is 17.2 Å². The molecule has 0 aromatic heterocycles. The summed E-state index contributed by atoms with van der Waals surface area (Å²) in [6, 6.07) is 9.15. The van der Waals surface area contributed by atoms with Crippen LogP contribution in [0.3, 0.4) is 0 Å². The number of carbonyl (C=O) groups excluding carboxylic acids is 1. The Kier molecular flexibility index (Phi) is 4.79. The number of hydrogen-bond acceptors (Lipinski definition) is 7. The zero-order valence-electron chi connectivity index (χ0n) is 17.4. The van der Waals surface area contributed by atoms with Gasteiger partial charge in [-0.25, -0.2) is 8.42 Å². The molecule has 0 aliphatic carbocycles. The fraction of sp³-hybridized carbons (Fsp3) is 0.348. The molecule has 0 spiro atoms. The number of allylic oxidation sites excluding steroid dienone is 1. The van der Waals surface area contributed by atoms with Crippen molar-refractivity contribution < 1.29 is 27.4 Å². The third-order valence-electron chi connectivity index (χ3n) is 6.10. The summed E-state index contributed by atoms with van der Waals surface area (Å²) < 4.78 is 40.8. The van der Waals surface area contributed by atoms with Gasteiger partial charge in [0.25, 0.3) is 0 Å². The van der Waals surface area contributed by atoms with E-state index in [-0.39, 0.29) is 29.1 Å². The van der Waals surface area contributed by atoms with Gasteiger partial charge in [0.15, 0.2) is 15.6 Å². The number of benzene rings is 2. The van der Waals surface area contributed by atoms with Crippen LogP contribution < -0.4 is 14.2 Å². The first-order valence-corrected chi connectivity index (χ1v) is 12.0. The van der Waals surface area contributed by atoms with Gasteiger partial charge < -0.3 is 14.2 Å². The summed E-state index contributed by atoms with van der Waals surface area (Å²) in [7, 11) is -1.37. The number of hydrogen-bond donors (Lipinski definition) is 0. The molecule has 0 unspecified atom stereocenters. The highest BCUT2D eigenvalue weighted by Crippen LogP contribution is 2.43. The standard InChI is InChI=1S/C23H23NO6S/c1-14-22-16(11-24(13-29-22)17-7-8-31(26,27)12-17)10-19-21(25)20(30-23(14)19)9-15-3-5-18(28-2)6-4-15/h3-6,9-10,17H,7-8,11-13H2,1-2H3/t17-/m1/s1. The van der Waals surface area contributed by atoms with Crippen molar-refractivity contribution in [1.29, 1.82) is 0 Å². The molecule has 0 saturated carbocycles. The van der Waals surface area contributed by atoms with Crippen LogP contribution in [0.4, 0.5) is 0 Å². The van der Waals surface area contributed by atoms with E-state index in [4.69, 9.17) is 14.2 Å². The molecule has 5 rings (SSSR count). The van der Waals surface area contributed by atoms with E-state index in [0.717, 1.165) is 22.4 Å². The Balaban J connectivity index is 1.43. The zero-order valence-corrected chi connectivity index (χ0v) is 18.2. The van der Waals surface area contributed by atoms with Gasteiger partial charge in [0, 0.05) is 23.7 Å². The lowest BCUT2D eigenvalue weighted by Gasteiger charge is -2.33. The number of ketones is 1. The minimum atomic E-state index is -2.98. The number of nitrogens with zero attached hydrogens (tertiary/aromatic N) is 1. The van der Waals surface area contributed by atoms with Crippen LogP contribution in [0.15, 0.2) is 36.1 Å². The zero-order chi connectivity index (χ0) is 21.8. The Hall–Kier alpha value is -2.84. The molecule has 8 heteroatoms. The maximum Gasteiger partial charge on any atom is 0.231 e. The maximum absolute atomic E-state index is 13.0. The van der Waals surface area contributed by atoms with E-state index in [2.05, 4.69) is 0 Å². The Bertz CT molecular complexity index is 1200. The van der Waals surface area contributed by atoms with Gasteiger partial charge in [0.1, 0.15) is 24.0 Å². The molecule has 3 heterocycles. The first-order chi connectivity index (χ1) is 14.8. The van der Waals surface area contributed by atoms with E-state index in [1.165, 1.54) is 0 Å². The highest BCUT2D eigenvalue weighted by atomic mass is 32.2. The summed E-state index contributed by atoms with van der Waals surface area (Å²) in [6.07, 6.45) is 2.33. The van der Waals surface area contributed by atoms with E-state index < -0.39 is 9.84 Å². The van der Waals surface area contributed by atoms with Gasteiger partial charge in [-0.05, 0) is 43.2 Å². The van der Waals surface area contributed by atoms with Crippen molar-refractivity contribution in [3.05, 3.63) is 58.3 Å². The molecule has 31 heavy (non-hydrogen) atoms. The number of fused-ring (bicyclic) bond motifs is 2. The van der Waals surface area contributed by atoms with Gasteiger partial charge in [-0.3, -0.25) is 9.69 Å². The van der Waals surface area contributed by atoms with Crippen molar-refractivity contribution >= 4 is 21.7 Å². The molecule has 2 aromatic carbocycles. The maximum atomic E-state index is 13.0. The van der Waals surface area contributed by atoms with Gasteiger partial charge in [-0.15, -0.1) is 0 Å². The molecule has 0 radical (unpaired) electrons. The van der Waals surface area contributed by atoms with Crippen LogP contribution in [0, 0.1) is 6.92 Å². The Morgan fingerprint density at radius 3 is 2.65 bits per heavy atom. The monoisotopic (exact) mass is 441 g/mol. The summed E-state index contributed by atoms with van der Waals surface area (Å²) in [5, 5.41) is 0. The number of carbonyl (C=O) groups is 1. The molecule has 3 aliphatic heterocycles. The Morgan fingerprint density at radius 1 is 1.19 bits per heavy atom. The summed E-state index contributed by atoms with van der Waals surface area (Å²) in [5.41, 5.74) is 3.02. The largest absolute Gasteiger partial charge is 0.497 e. The first kappa shape index (κ1) is 20.1. The normalized spacial score (nSPS) is 23.2. The molecule has 0 bridgehead atoms. The first-order valence-electron chi connectivity index (χ1n) is 10.2. The number of Topliss-reactive ketones (excluding diaryl/α,β-unsaturated/α-hetero) is 1. The van der Waals surface area contributed by atoms with Crippen molar-refractivity contribution in [3.63, 3.8) is 0 Å². The summed E-state index contributed by atoms with van der Waals surface area (Å²) >= 11 is 0. The number of ether oxygens (including phenoxy) is 3. The smallest absolute Gasteiger partial charge is 0.231 e. The second-order valence-electron chi connectivity index (χ2n) is 8.16. The van der Waals surface area contributed by atoms with Crippen LogP contribution in [0.25, 0.3) is 6.08 Å². The van der Waals surface area contributed by atoms with Gasteiger partial charge in [0.05, 0.1) is 24.2 Å². The molecule has 0 amide bonds. The van der Waals surface area contributed by atoms with Crippen molar-refractivity contribution in [1.82, 2.24) is 4.90 Å². The molecule has 7 nitrogen and oxygen atoms in total. The molecule has 1 saturated heterocycles. The summed E-state index contributed by atoms with van der Waals surface area (Å²) in [6.45, 7) is 2.76. The molecule has 2 aromatic rings. The van der Waals surface area contributed by atoms with Crippen LogP contribution in [0.2, 0.25) is 0 Å². The van der Waals surface area contributed by atoms with Crippen LogP contribution in [0.5, 0.6) is 17.2 Å². The quantitative estimate of drug-likeness (QED) is 0.678. The third kappa shape index (κ3) is 3.59. The fourth-order valence-corrected chi connectivity index (χ4v) is 6.18. The Labute approximate surface area is 181 Å². The average Bonchev–Trinajstić information content (AvgIpc) is 3.28. The topological polar surface area (TPSA) is 82.1 Å². The van der Waals surface area contributed by atoms with E-state index in [1.54, 1.807) is 13.2 Å². The van der Waals surface area contributed by atoms with Crippen LogP contribution >= 0.6 is 0 Å². The lowest BCUT2D eigenvalue weighted by atomic mass is 9.99. The molecule has 1 fully saturated rings. The van der Waals surface area contributed by atoms with Crippen molar-refractivity contribution in [2.24, 2.45) is 0 Å². The highest BCUT2D eigenvalue weighted by molar-refractivity contribution is 7.91. The lowest BCUT2D eigenvalue weighted by molar-refractivity contribution is 0.0637. The van der Waals surface area contributed by atoms with Gasteiger partial charge in [-0.1, -0.05) is 12.1 Å². The molecule has 0 N–H and O–H groups in total. The molecular weight excluding hydrogens is 418 g/mol. The van der Waals surface area contributed by atoms with Crippen LogP contribution in [-0.2, 0) is 16.4 Å². The Morgan fingerprint density at radius 2 is 1.97 bits per heavy atom. The van der Waals surface area contributed by atoms with Crippen molar-refractivity contribution in [2.45, 2.75) is 25.9 Å². The van der Waals surface area contributed by atoms with Crippen LogP contribution in [0.1, 0.15) is 33.5 Å². The van der Waals surface area contributed by atoms with Gasteiger partial charge in [-0.2, -0.15) is 0 Å². The minimum Gasteiger partial charge on any atom is -0.497 e. The van der Waals surface area contributed by atoms with Crippen molar-refractivity contribution in [2.75, 3.05) is 25.3 Å². The second kappa shape index (κ2) is 7.39. The minimum absolute atomic E-state index is 0.0517. The lowest BCUT2D eigenvalue weighted by Crippen LogP contribution is -2.41. The van der Waals surface area contributed by atoms with E-state index >= 15 is 0 Å². The van der Waals surface area contributed by atoms with E-state index in [0.29, 0.717) is 36.8 Å². The van der Waals surface area contributed by atoms with Crippen LogP contribution in [-0.4, -0.2) is 50.5 Å². The predicted molar refractivity (Wildman–Crippen MR) is 115 cm³/mol. The molecular formula is C23H23NO6S. The number of sulfone groups is 1. The molecule has 1 atom stereocenters. The van der Waals surface area contributed by atoms with E-state index in [9.17, 15) is 13.2 Å². The predicted octanol–water partition coefficient (Wildman–Crippen LogP) is 2.96. The number of methoxy groups -OCH3 is 1. The second-order valence-corrected chi connectivity index (χ2v) is 10.4. The highest BCUT2D eigenvalue weighted by Gasteiger charge is 2.37. The van der Waals surface area contributed by atoms with Gasteiger partial charge in [0.2, 0.25) is 5.78 Å². The fourth-order valence-electron chi connectivity index (χ4n) is 4.42. The molecule has 3 aliphatic rings. The van der Waals surface area contributed by atoms with E-state index in [1.807, 2.05) is 42.2 Å². The average molecular weight is 442 g/mol. The third-order valence-corrected chi connectivity index (χ3v) is 7.85. The number of rotatable bonds is 3. The summed E-state index contributed by atoms with van der Waals surface area (Å²) in [5.74, 6) is 2.46. The van der Waals surface area contributed by atoms with Gasteiger partial charge >= 0.3 is 0 Å².